The maximum absolute atomic E-state index is 14.0. The number of hydrogen-bond donors (Lipinski definition) is 0. The minimum absolute atomic E-state index is 0.00410. The lowest BCUT2D eigenvalue weighted by molar-refractivity contribution is -0.328. The number of rotatable bonds is 0. The van der Waals surface area contributed by atoms with E-state index < -0.39 is 28.9 Å². The monoisotopic (exact) mass is 206 g/mol. The van der Waals surface area contributed by atoms with Crippen molar-refractivity contribution in [3.8, 4) is 0 Å². The Bertz CT molecular complexity index is 330. The molecule has 78 valence electrons. The topological polar surface area (TPSA) is 26.3 Å². The van der Waals surface area contributed by atoms with Crippen molar-refractivity contribution in [3.63, 3.8) is 0 Å². The minimum Gasteiger partial charge on any atom is -0.370 e. The molecule has 0 radical (unpaired) electrons. The molecule has 14 heavy (non-hydrogen) atoms. The van der Waals surface area contributed by atoms with Crippen molar-refractivity contribution in [1.29, 1.82) is 0 Å². The van der Waals surface area contributed by atoms with E-state index in [1.54, 1.807) is 0 Å². The predicted molar refractivity (Wildman–Crippen MR) is 39.8 cm³/mol. The number of carbonyl (C=O) groups is 1. The SMILES string of the molecule is O=C1CC[C@]23OCC[C@@]2(F)C(F)(F)[C@H]13. The van der Waals surface area contributed by atoms with Gasteiger partial charge >= 0.3 is 0 Å². The molecule has 2 saturated carbocycles. The molecule has 2 nitrogen and oxygen atoms in total. The van der Waals surface area contributed by atoms with Gasteiger partial charge in [0.1, 0.15) is 17.3 Å². The Balaban J connectivity index is 2.13. The second kappa shape index (κ2) is 2.01. The van der Waals surface area contributed by atoms with Gasteiger partial charge in [-0.1, -0.05) is 0 Å². The highest BCUT2D eigenvalue weighted by Crippen LogP contribution is 2.71. The first kappa shape index (κ1) is 8.71. The molecule has 1 aliphatic heterocycles. The zero-order chi connectivity index (χ0) is 10.2. The molecular weight excluding hydrogens is 197 g/mol. The summed E-state index contributed by atoms with van der Waals surface area (Å²) < 4.78 is 45.9. The molecule has 5 heteroatoms. The molecule has 0 amide bonds. The van der Waals surface area contributed by atoms with Crippen LogP contribution in [0, 0.1) is 5.92 Å². The highest BCUT2D eigenvalue weighted by Gasteiger charge is 2.90. The van der Waals surface area contributed by atoms with Gasteiger partial charge in [0, 0.05) is 12.8 Å². The van der Waals surface area contributed by atoms with E-state index in [2.05, 4.69) is 0 Å². The fourth-order valence-electron chi connectivity index (χ4n) is 3.23. The van der Waals surface area contributed by atoms with Crippen LogP contribution in [-0.4, -0.2) is 29.6 Å². The van der Waals surface area contributed by atoms with Crippen LogP contribution in [0.1, 0.15) is 19.3 Å². The Labute approximate surface area is 78.4 Å². The van der Waals surface area contributed by atoms with Crippen molar-refractivity contribution < 1.29 is 22.7 Å². The summed E-state index contributed by atoms with van der Waals surface area (Å²) in [5, 5.41) is 0. The third-order valence-corrected chi connectivity index (χ3v) is 3.90. The predicted octanol–water partition coefficient (Wildman–Crippen LogP) is 1.48. The smallest absolute Gasteiger partial charge is 0.296 e. The Hall–Kier alpha value is -0.580. The molecule has 0 N–H and O–H groups in total. The van der Waals surface area contributed by atoms with Crippen LogP contribution in [0.15, 0.2) is 0 Å². The maximum atomic E-state index is 14.0. The summed E-state index contributed by atoms with van der Waals surface area (Å²) in [6, 6.07) is 0. The van der Waals surface area contributed by atoms with Crippen molar-refractivity contribution in [2.24, 2.45) is 5.92 Å². The number of Topliss-reactive ketones (excluding diaryl/α,β-unsaturated/α-hetero) is 1. The van der Waals surface area contributed by atoms with Crippen molar-refractivity contribution in [1.82, 2.24) is 0 Å². The Morgan fingerprint density at radius 2 is 2.00 bits per heavy atom. The number of ketones is 1. The zero-order valence-electron chi connectivity index (χ0n) is 7.36. The van der Waals surface area contributed by atoms with Crippen molar-refractivity contribution in [2.75, 3.05) is 6.61 Å². The Morgan fingerprint density at radius 1 is 1.29 bits per heavy atom. The van der Waals surface area contributed by atoms with E-state index in [0.717, 1.165) is 0 Å². The molecule has 3 rings (SSSR count). The highest BCUT2D eigenvalue weighted by atomic mass is 19.3. The number of ether oxygens (including phenoxy) is 1. The molecule has 3 atom stereocenters. The van der Waals surface area contributed by atoms with E-state index in [1.807, 2.05) is 0 Å². The highest BCUT2D eigenvalue weighted by molar-refractivity contribution is 5.89. The van der Waals surface area contributed by atoms with Gasteiger partial charge in [-0.2, -0.15) is 0 Å². The number of carbonyl (C=O) groups excluding carboxylic acids is 1. The summed E-state index contributed by atoms with van der Waals surface area (Å²) in [7, 11) is 0. The van der Waals surface area contributed by atoms with E-state index in [-0.39, 0.29) is 25.9 Å². The fourth-order valence-corrected chi connectivity index (χ4v) is 3.23. The molecule has 1 saturated heterocycles. The first-order valence-electron chi connectivity index (χ1n) is 4.69. The van der Waals surface area contributed by atoms with Gasteiger partial charge in [-0.25, -0.2) is 13.2 Å². The van der Waals surface area contributed by atoms with Crippen LogP contribution in [0.4, 0.5) is 13.2 Å². The lowest BCUT2D eigenvalue weighted by Crippen LogP contribution is -2.77. The van der Waals surface area contributed by atoms with E-state index in [9.17, 15) is 18.0 Å². The van der Waals surface area contributed by atoms with Gasteiger partial charge < -0.3 is 4.74 Å². The molecule has 0 aromatic heterocycles. The summed E-state index contributed by atoms with van der Waals surface area (Å²) in [6.45, 7) is -0.00410. The second-order valence-electron chi connectivity index (χ2n) is 4.31. The fraction of sp³-hybridized carbons (Fsp3) is 0.889. The second-order valence-corrected chi connectivity index (χ2v) is 4.31. The standard InChI is InChI=1S/C9H9F3O2/c10-8-3-4-14-7(8)2-1-5(13)6(7)9(8,11)12/h6H,1-4H2/t6-,7-,8+/m1/s1. The largest absolute Gasteiger partial charge is 0.370 e. The summed E-state index contributed by atoms with van der Waals surface area (Å²) >= 11 is 0. The molecule has 0 unspecified atom stereocenters. The number of halogens is 3. The molecular formula is C9H9F3O2. The maximum Gasteiger partial charge on any atom is 0.296 e. The van der Waals surface area contributed by atoms with E-state index >= 15 is 0 Å². The molecule has 0 bridgehead atoms. The van der Waals surface area contributed by atoms with E-state index in [0.29, 0.717) is 0 Å². The summed E-state index contributed by atoms with van der Waals surface area (Å²) in [6.07, 6.45) is -0.154. The van der Waals surface area contributed by atoms with Gasteiger partial charge in [0.2, 0.25) is 5.67 Å². The van der Waals surface area contributed by atoms with E-state index in [4.69, 9.17) is 4.74 Å². The number of alkyl halides is 3. The molecule has 0 aromatic carbocycles. The van der Waals surface area contributed by atoms with Gasteiger partial charge in [-0.15, -0.1) is 0 Å². The van der Waals surface area contributed by atoms with Crippen LogP contribution in [0.3, 0.4) is 0 Å². The third kappa shape index (κ3) is 0.551. The molecule has 3 fully saturated rings. The third-order valence-electron chi connectivity index (χ3n) is 3.90. The van der Waals surface area contributed by atoms with Crippen LogP contribution in [-0.2, 0) is 9.53 Å². The van der Waals surface area contributed by atoms with Gasteiger partial charge in [0.05, 0.1) is 6.61 Å². The molecule has 3 aliphatic rings. The first-order valence-corrected chi connectivity index (χ1v) is 4.69. The van der Waals surface area contributed by atoms with Crippen LogP contribution in [0.5, 0.6) is 0 Å². The number of hydrogen-bond acceptors (Lipinski definition) is 2. The summed E-state index contributed by atoms with van der Waals surface area (Å²) in [4.78, 5) is 11.2. The molecule has 1 heterocycles. The van der Waals surface area contributed by atoms with Gasteiger partial charge in [-0.3, -0.25) is 4.79 Å². The van der Waals surface area contributed by atoms with Gasteiger partial charge in [-0.05, 0) is 6.42 Å². The van der Waals surface area contributed by atoms with Crippen LogP contribution >= 0.6 is 0 Å². The Kier molecular flexibility index (Phi) is 1.25. The van der Waals surface area contributed by atoms with Crippen LogP contribution < -0.4 is 0 Å². The van der Waals surface area contributed by atoms with Crippen molar-refractivity contribution in [2.45, 2.75) is 36.5 Å². The summed E-state index contributed by atoms with van der Waals surface area (Å²) in [5.41, 5.74) is -4.07. The average Bonchev–Trinajstić information content (AvgIpc) is 2.56. The van der Waals surface area contributed by atoms with Crippen LogP contribution in [0.2, 0.25) is 0 Å². The Morgan fingerprint density at radius 3 is 2.71 bits per heavy atom. The van der Waals surface area contributed by atoms with Gasteiger partial charge in [0.15, 0.2) is 0 Å². The lowest BCUT2D eigenvalue weighted by Gasteiger charge is -2.55. The summed E-state index contributed by atoms with van der Waals surface area (Å²) in [5.74, 6) is -5.59. The lowest BCUT2D eigenvalue weighted by atomic mass is 9.57. The molecule has 1 spiro atoms. The van der Waals surface area contributed by atoms with E-state index in [1.165, 1.54) is 0 Å². The van der Waals surface area contributed by atoms with Crippen molar-refractivity contribution in [3.05, 3.63) is 0 Å². The molecule has 0 aromatic rings. The van der Waals surface area contributed by atoms with Crippen molar-refractivity contribution >= 4 is 5.78 Å². The van der Waals surface area contributed by atoms with Crippen LogP contribution in [0.25, 0.3) is 0 Å². The van der Waals surface area contributed by atoms with Gasteiger partial charge in [0.25, 0.3) is 5.92 Å². The quantitative estimate of drug-likeness (QED) is 0.600. The molecule has 2 aliphatic carbocycles. The zero-order valence-corrected chi connectivity index (χ0v) is 7.36. The minimum atomic E-state index is -3.52. The average molecular weight is 206 g/mol. The first-order chi connectivity index (χ1) is 6.46. The normalized spacial score (nSPS) is 53.9.